The number of rotatable bonds is 6. The Hall–Kier alpha value is -1.33. The summed E-state index contributed by atoms with van der Waals surface area (Å²) in [4.78, 5) is 10.0. The van der Waals surface area contributed by atoms with Gasteiger partial charge >= 0.3 is 0 Å². The normalized spacial score (nSPS) is 10.1. The lowest BCUT2D eigenvalue weighted by atomic mass is 10.3. The molecule has 0 unspecified atom stereocenters. The highest BCUT2D eigenvalue weighted by atomic mass is 35.5. The Labute approximate surface area is 98.1 Å². The molecule has 0 aliphatic carbocycles. The highest BCUT2D eigenvalue weighted by Crippen LogP contribution is 2.28. The largest absolute Gasteiger partial charge is 0.489 e. The Morgan fingerprint density at radius 2 is 2.19 bits per heavy atom. The molecule has 6 heteroatoms. The van der Waals surface area contributed by atoms with Gasteiger partial charge in [0, 0.05) is 12.7 Å². The van der Waals surface area contributed by atoms with Gasteiger partial charge in [0.1, 0.15) is 12.4 Å². The summed E-state index contributed by atoms with van der Waals surface area (Å²) in [5.74, 6) is 0.301. The van der Waals surface area contributed by atoms with Crippen LogP contribution in [0.3, 0.4) is 0 Å². The van der Waals surface area contributed by atoms with Crippen molar-refractivity contribution in [1.29, 1.82) is 0 Å². The number of nitro groups is 1. The molecule has 0 saturated heterocycles. The highest BCUT2D eigenvalue weighted by Gasteiger charge is 2.10. The second kappa shape index (κ2) is 6.30. The van der Waals surface area contributed by atoms with Crippen molar-refractivity contribution in [1.82, 2.24) is 0 Å². The molecule has 0 atom stereocenters. The van der Waals surface area contributed by atoms with Crippen molar-refractivity contribution >= 4 is 17.3 Å². The zero-order valence-corrected chi connectivity index (χ0v) is 9.57. The molecule has 1 aromatic carbocycles. The lowest BCUT2D eigenvalue weighted by molar-refractivity contribution is -0.384. The third-order valence-corrected chi connectivity index (χ3v) is 2.13. The minimum atomic E-state index is -0.494. The Morgan fingerprint density at radius 3 is 2.81 bits per heavy atom. The molecule has 0 heterocycles. The molecule has 0 radical (unpaired) electrons. The van der Waals surface area contributed by atoms with E-state index >= 15 is 0 Å². The first-order chi connectivity index (χ1) is 7.65. The van der Waals surface area contributed by atoms with Gasteiger partial charge in [-0.15, -0.1) is 0 Å². The summed E-state index contributed by atoms with van der Waals surface area (Å²) < 4.78 is 10.3. The summed E-state index contributed by atoms with van der Waals surface area (Å²) in [6, 6.07) is 4.07. The third-order valence-electron chi connectivity index (χ3n) is 1.81. The maximum absolute atomic E-state index is 10.5. The van der Waals surface area contributed by atoms with Crippen LogP contribution in [-0.4, -0.2) is 24.7 Å². The van der Waals surface area contributed by atoms with Gasteiger partial charge in [0.25, 0.3) is 5.69 Å². The summed E-state index contributed by atoms with van der Waals surface area (Å²) in [7, 11) is 0. The minimum absolute atomic E-state index is 0.0455. The Morgan fingerprint density at radius 1 is 1.44 bits per heavy atom. The van der Waals surface area contributed by atoms with Crippen molar-refractivity contribution in [3.8, 4) is 5.75 Å². The van der Waals surface area contributed by atoms with Crippen molar-refractivity contribution in [2.24, 2.45) is 0 Å². The molecule has 0 aliphatic heterocycles. The molecule has 0 bridgehead atoms. The monoisotopic (exact) mass is 245 g/mol. The second-order valence-electron chi connectivity index (χ2n) is 2.92. The van der Waals surface area contributed by atoms with E-state index in [0.29, 0.717) is 30.6 Å². The number of ether oxygens (including phenoxy) is 2. The van der Waals surface area contributed by atoms with Crippen LogP contribution in [0, 0.1) is 10.1 Å². The summed E-state index contributed by atoms with van der Waals surface area (Å²) in [5.41, 5.74) is -0.0455. The molecule has 1 rings (SSSR count). The Balaban J connectivity index is 2.63. The van der Waals surface area contributed by atoms with Crippen LogP contribution in [0.2, 0.25) is 5.02 Å². The van der Waals surface area contributed by atoms with Gasteiger partial charge in [-0.1, -0.05) is 11.6 Å². The van der Waals surface area contributed by atoms with Gasteiger partial charge < -0.3 is 9.47 Å². The SMILES string of the molecule is CCOCCOc1cc([N+](=O)[O-])ccc1Cl. The van der Waals surface area contributed by atoms with Crippen molar-refractivity contribution in [3.05, 3.63) is 33.3 Å². The fourth-order valence-corrected chi connectivity index (χ4v) is 1.24. The van der Waals surface area contributed by atoms with Crippen LogP contribution in [0.4, 0.5) is 5.69 Å². The van der Waals surface area contributed by atoms with Crippen LogP contribution in [0.15, 0.2) is 18.2 Å². The molecule has 0 N–H and O–H groups in total. The Kier molecular flexibility index (Phi) is 5.01. The van der Waals surface area contributed by atoms with Crippen LogP contribution in [0.1, 0.15) is 6.92 Å². The van der Waals surface area contributed by atoms with Gasteiger partial charge in [-0.3, -0.25) is 10.1 Å². The molecule has 0 spiro atoms. The standard InChI is InChI=1S/C10H12ClNO4/c1-2-15-5-6-16-10-7-8(12(13)14)3-4-9(10)11/h3-4,7H,2,5-6H2,1H3. The summed E-state index contributed by atoms with van der Waals surface area (Å²) >= 11 is 5.83. The fourth-order valence-electron chi connectivity index (χ4n) is 1.07. The van der Waals surface area contributed by atoms with E-state index in [4.69, 9.17) is 21.1 Å². The summed E-state index contributed by atoms with van der Waals surface area (Å²) in [6.45, 7) is 3.22. The maximum Gasteiger partial charge on any atom is 0.273 e. The lowest BCUT2D eigenvalue weighted by Crippen LogP contribution is -2.06. The maximum atomic E-state index is 10.5. The smallest absolute Gasteiger partial charge is 0.273 e. The number of non-ortho nitro benzene ring substituents is 1. The third kappa shape index (κ3) is 3.67. The molecule has 5 nitrogen and oxygen atoms in total. The predicted octanol–water partition coefficient (Wildman–Crippen LogP) is 2.66. The molecular weight excluding hydrogens is 234 g/mol. The van der Waals surface area contributed by atoms with Gasteiger partial charge in [-0.05, 0) is 13.0 Å². The van der Waals surface area contributed by atoms with E-state index < -0.39 is 4.92 Å². The number of nitrogens with zero attached hydrogens (tertiary/aromatic N) is 1. The van der Waals surface area contributed by atoms with Crippen molar-refractivity contribution in [2.75, 3.05) is 19.8 Å². The molecule has 1 aromatic rings. The van der Waals surface area contributed by atoms with E-state index in [1.165, 1.54) is 18.2 Å². The number of halogens is 1. The molecule has 16 heavy (non-hydrogen) atoms. The highest BCUT2D eigenvalue weighted by molar-refractivity contribution is 6.32. The van der Waals surface area contributed by atoms with Gasteiger partial charge in [-0.25, -0.2) is 0 Å². The molecular formula is C10H12ClNO4. The molecule has 0 aliphatic rings. The number of nitro benzene ring substituents is 1. The number of hydrogen-bond acceptors (Lipinski definition) is 4. The quantitative estimate of drug-likeness (QED) is 0.439. The van der Waals surface area contributed by atoms with E-state index in [1.54, 1.807) is 0 Å². The van der Waals surface area contributed by atoms with Gasteiger partial charge in [-0.2, -0.15) is 0 Å². The van der Waals surface area contributed by atoms with Gasteiger partial charge in [0.05, 0.1) is 22.6 Å². The van der Waals surface area contributed by atoms with Gasteiger partial charge in [0.2, 0.25) is 0 Å². The van der Waals surface area contributed by atoms with Crippen LogP contribution in [0.25, 0.3) is 0 Å². The first kappa shape index (κ1) is 12.7. The minimum Gasteiger partial charge on any atom is -0.489 e. The molecule has 0 amide bonds. The Bertz CT molecular complexity index is 370. The first-order valence-electron chi connectivity index (χ1n) is 4.79. The first-order valence-corrected chi connectivity index (χ1v) is 5.17. The van der Waals surface area contributed by atoms with Crippen molar-refractivity contribution in [3.63, 3.8) is 0 Å². The number of benzene rings is 1. The molecule has 88 valence electrons. The van der Waals surface area contributed by atoms with E-state index in [-0.39, 0.29) is 5.69 Å². The van der Waals surface area contributed by atoms with Crippen LogP contribution in [-0.2, 0) is 4.74 Å². The van der Waals surface area contributed by atoms with E-state index in [2.05, 4.69) is 0 Å². The number of hydrogen-bond donors (Lipinski definition) is 0. The van der Waals surface area contributed by atoms with E-state index in [9.17, 15) is 10.1 Å². The summed E-state index contributed by atoms with van der Waals surface area (Å²) in [6.07, 6.45) is 0. The van der Waals surface area contributed by atoms with Crippen LogP contribution >= 0.6 is 11.6 Å². The van der Waals surface area contributed by atoms with E-state index in [0.717, 1.165) is 0 Å². The predicted molar refractivity (Wildman–Crippen MR) is 60.1 cm³/mol. The molecule has 0 aromatic heterocycles. The fraction of sp³-hybridized carbons (Fsp3) is 0.400. The van der Waals surface area contributed by atoms with Crippen molar-refractivity contribution in [2.45, 2.75) is 6.92 Å². The van der Waals surface area contributed by atoms with Crippen molar-refractivity contribution < 1.29 is 14.4 Å². The average Bonchev–Trinajstić information content (AvgIpc) is 2.26. The second-order valence-corrected chi connectivity index (χ2v) is 3.32. The topological polar surface area (TPSA) is 61.6 Å². The van der Waals surface area contributed by atoms with Crippen LogP contribution in [0.5, 0.6) is 5.75 Å². The zero-order valence-electron chi connectivity index (χ0n) is 8.81. The van der Waals surface area contributed by atoms with Gasteiger partial charge in [0.15, 0.2) is 0 Å². The zero-order chi connectivity index (χ0) is 12.0. The lowest BCUT2D eigenvalue weighted by Gasteiger charge is -2.07. The van der Waals surface area contributed by atoms with E-state index in [1.807, 2.05) is 6.92 Å². The molecule has 0 fully saturated rings. The average molecular weight is 246 g/mol. The van der Waals surface area contributed by atoms with Crippen LogP contribution < -0.4 is 4.74 Å². The summed E-state index contributed by atoms with van der Waals surface area (Å²) in [5, 5.41) is 10.9. The molecule has 0 saturated carbocycles.